The lowest BCUT2D eigenvalue weighted by Gasteiger charge is -2.46. The molecule has 2 fully saturated rings. The van der Waals surface area contributed by atoms with Crippen LogP contribution in [-0.4, -0.2) is 80.4 Å². The maximum absolute atomic E-state index is 12.9. The molecule has 15 heteroatoms. The van der Waals surface area contributed by atoms with Crippen molar-refractivity contribution in [1.82, 2.24) is 14.8 Å². The minimum atomic E-state index is -5.08. The average molecular weight is 626 g/mol. The van der Waals surface area contributed by atoms with Gasteiger partial charge < -0.3 is 15.1 Å². The zero-order valence-electron chi connectivity index (χ0n) is 22.3. The van der Waals surface area contributed by atoms with E-state index in [0.717, 1.165) is 49.6 Å². The first-order valence-electron chi connectivity index (χ1n) is 12.8. The summed E-state index contributed by atoms with van der Waals surface area (Å²) in [5, 5.41) is 15.0. The van der Waals surface area contributed by atoms with Crippen LogP contribution < -0.4 is 0 Å². The van der Waals surface area contributed by atoms with Crippen molar-refractivity contribution in [3.8, 4) is 0 Å². The summed E-state index contributed by atoms with van der Waals surface area (Å²) in [6, 6.07) is 12.1. The molecule has 2 aliphatic heterocycles. The predicted molar refractivity (Wildman–Crippen MR) is 140 cm³/mol. The third kappa shape index (κ3) is 11.1. The van der Waals surface area contributed by atoms with E-state index in [2.05, 4.69) is 26.9 Å². The molecule has 42 heavy (non-hydrogen) atoms. The molecule has 2 aromatic rings. The maximum atomic E-state index is 12.9. The second-order valence-electron chi connectivity index (χ2n) is 9.77. The standard InChI is InChI=1S/C23H28ClN3O.2C2HF3O2/c24-21-7-1-5-20(15-21)17-27-14-4-11-23(27)10-3-13-26(18-23)22(28)9-8-19-6-2-12-25-16-19;2*3-2(4,5)1(6)7/h1-2,5-7,12,15-16H,3-4,8-11,13-14,17-18H2;2*(H,6,7). The van der Waals surface area contributed by atoms with Crippen molar-refractivity contribution in [1.29, 1.82) is 0 Å². The zero-order chi connectivity index (χ0) is 31.6. The first kappa shape index (κ1) is 34.8. The highest BCUT2D eigenvalue weighted by atomic mass is 35.5. The number of hydrogen-bond donors (Lipinski definition) is 2. The molecule has 0 bridgehead atoms. The molecule has 1 unspecified atom stereocenters. The number of carboxylic acids is 2. The molecule has 1 atom stereocenters. The lowest BCUT2D eigenvalue weighted by Crippen LogP contribution is -2.56. The van der Waals surface area contributed by atoms with Crippen LogP contribution in [0.5, 0.6) is 0 Å². The van der Waals surface area contributed by atoms with Crippen molar-refractivity contribution in [3.63, 3.8) is 0 Å². The highest BCUT2D eigenvalue weighted by molar-refractivity contribution is 6.30. The van der Waals surface area contributed by atoms with Gasteiger partial charge in [0.1, 0.15) is 0 Å². The van der Waals surface area contributed by atoms with E-state index in [1.165, 1.54) is 24.8 Å². The van der Waals surface area contributed by atoms with Crippen molar-refractivity contribution < 1.29 is 50.9 Å². The number of nitrogens with zero attached hydrogens (tertiary/aromatic N) is 3. The topological polar surface area (TPSA) is 111 Å². The minimum Gasteiger partial charge on any atom is -0.475 e. The monoisotopic (exact) mass is 625 g/mol. The molecule has 1 aromatic carbocycles. The number of likely N-dealkylation sites (tertiary alicyclic amines) is 2. The van der Waals surface area contributed by atoms with E-state index >= 15 is 0 Å². The highest BCUT2D eigenvalue weighted by Crippen LogP contribution is 2.38. The smallest absolute Gasteiger partial charge is 0.475 e. The number of pyridine rings is 1. The van der Waals surface area contributed by atoms with Crippen molar-refractivity contribution in [2.24, 2.45) is 0 Å². The number of hydrogen-bond acceptors (Lipinski definition) is 5. The predicted octanol–water partition coefficient (Wildman–Crippen LogP) is 5.59. The second kappa shape index (κ2) is 15.2. The van der Waals surface area contributed by atoms with Crippen LogP contribution in [0.1, 0.15) is 43.2 Å². The number of benzene rings is 1. The van der Waals surface area contributed by atoms with Crippen LogP contribution >= 0.6 is 11.6 Å². The molecule has 1 amide bonds. The van der Waals surface area contributed by atoms with Gasteiger partial charge in [0.15, 0.2) is 0 Å². The van der Waals surface area contributed by atoms with Gasteiger partial charge in [-0.1, -0.05) is 29.8 Å². The molecular formula is C27H30ClF6N3O5. The molecule has 2 aliphatic rings. The molecule has 2 saturated heterocycles. The van der Waals surface area contributed by atoms with Crippen LogP contribution in [0, 0.1) is 0 Å². The van der Waals surface area contributed by atoms with Crippen molar-refractivity contribution in [2.75, 3.05) is 19.6 Å². The lowest BCUT2D eigenvalue weighted by molar-refractivity contribution is -0.193. The zero-order valence-corrected chi connectivity index (χ0v) is 23.1. The summed E-state index contributed by atoms with van der Waals surface area (Å²) in [6.07, 6.45) is -0.551. The van der Waals surface area contributed by atoms with Crippen molar-refractivity contribution >= 4 is 29.4 Å². The Morgan fingerprint density at radius 1 is 0.905 bits per heavy atom. The van der Waals surface area contributed by atoms with E-state index in [4.69, 9.17) is 31.4 Å². The van der Waals surface area contributed by atoms with Crippen LogP contribution in [0.15, 0.2) is 48.8 Å². The Balaban J connectivity index is 0.000000367. The number of alkyl halides is 6. The minimum absolute atomic E-state index is 0.129. The molecule has 2 N–H and O–H groups in total. The first-order chi connectivity index (χ1) is 19.5. The number of carboxylic acid groups (broad SMARTS) is 2. The van der Waals surface area contributed by atoms with E-state index in [-0.39, 0.29) is 11.4 Å². The normalized spacial score (nSPS) is 18.9. The molecule has 0 radical (unpaired) electrons. The Morgan fingerprint density at radius 2 is 1.48 bits per heavy atom. The van der Waals surface area contributed by atoms with Crippen LogP contribution in [0.4, 0.5) is 26.3 Å². The fourth-order valence-corrected chi connectivity index (χ4v) is 5.05. The highest BCUT2D eigenvalue weighted by Gasteiger charge is 2.44. The SMILES string of the molecule is O=C(CCc1cccnc1)N1CCCC2(CCCN2Cc2cccc(Cl)c2)C1.O=C(O)C(F)(F)F.O=C(O)C(F)(F)F. The molecule has 3 heterocycles. The van der Waals surface area contributed by atoms with Gasteiger partial charge in [-0.25, -0.2) is 9.59 Å². The molecule has 1 spiro atoms. The molecular weight excluding hydrogens is 596 g/mol. The van der Waals surface area contributed by atoms with Gasteiger partial charge in [0.25, 0.3) is 0 Å². The summed E-state index contributed by atoms with van der Waals surface area (Å²) in [6.45, 7) is 3.76. The van der Waals surface area contributed by atoms with E-state index in [9.17, 15) is 31.1 Å². The summed E-state index contributed by atoms with van der Waals surface area (Å²) >= 11 is 6.18. The van der Waals surface area contributed by atoms with Gasteiger partial charge in [0, 0.05) is 49.0 Å². The van der Waals surface area contributed by atoms with E-state index in [1.807, 2.05) is 30.5 Å². The molecule has 232 valence electrons. The molecule has 1 aromatic heterocycles. The number of carbonyl (C=O) groups excluding carboxylic acids is 1. The average Bonchev–Trinajstić information content (AvgIpc) is 3.28. The van der Waals surface area contributed by atoms with E-state index in [0.29, 0.717) is 6.42 Å². The second-order valence-corrected chi connectivity index (χ2v) is 10.2. The summed E-state index contributed by atoms with van der Waals surface area (Å²) in [5.41, 5.74) is 2.52. The number of aromatic nitrogens is 1. The molecule has 0 saturated carbocycles. The third-order valence-electron chi connectivity index (χ3n) is 6.75. The van der Waals surface area contributed by atoms with Gasteiger partial charge in [0.2, 0.25) is 5.91 Å². The van der Waals surface area contributed by atoms with E-state index in [1.54, 1.807) is 6.20 Å². The van der Waals surface area contributed by atoms with Gasteiger partial charge in [0.05, 0.1) is 0 Å². The van der Waals surface area contributed by atoms with Crippen molar-refractivity contribution in [2.45, 2.75) is 63.0 Å². The summed E-state index contributed by atoms with van der Waals surface area (Å²) in [7, 11) is 0. The number of carbonyl (C=O) groups is 3. The largest absolute Gasteiger partial charge is 0.490 e. The van der Waals surface area contributed by atoms with Crippen LogP contribution in [0.3, 0.4) is 0 Å². The maximum Gasteiger partial charge on any atom is 0.490 e. The number of amides is 1. The van der Waals surface area contributed by atoms with Gasteiger partial charge in [-0.3, -0.25) is 14.7 Å². The Labute approximate surface area is 242 Å². The third-order valence-corrected chi connectivity index (χ3v) is 6.98. The number of aliphatic carboxylic acids is 2. The Hall–Kier alpha value is -3.39. The summed E-state index contributed by atoms with van der Waals surface area (Å²) < 4.78 is 63.5. The fourth-order valence-electron chi connectivity index (χ4n) is 4.84. The Morgan fingerprint density at radius 3 is 2.00 bits per heavy atom. The molecule has 0 aliphatic carbocycles. The van der Waals surface area contributed by atoms with Gasteiger partial charge >= 0.3 is 24.3 Å². The number of piperidine rings is 1. The van der Waals surface area contributed by atoms with Gasteiger partial charge in [-0.2, -0.15) is 26.3 Å². The quantitative estimate of drug-likeness (QED) is 0.417. The van der Waals surface area contributed by atoms with Gasteiger partial charge in [-0.15, -0.1) is 0 Å². The number of aryl methyl sites for hydroxylation is 1. The number of rotatable bonds is 5. The van der Waals surface area contributed by atoms with Crippen LogP contribution in [0.2, 0.25) is 5.02 Å². The van der Waals surface area contributed by atoms with Crippen LogP contribution in [-0.2, 0) is 27.3 Å². The fraction of sp³-hybridized carbons (Fsp3) is 0.481. The molecule has 8 nitrogen and oxygen atoms in total. The van der Waals surface area contributed by atoms with Crippen LogP contribution in [0.25, 0.3) is 0 Å². The first-order valence-corrected chi connectivity index (χ1v) is 13.2. The Kier molecular flexibility index (Phi) is 12.6. The number of halogens is 7. The molecule has 4 rings (SSSR count). The Bertz CT molecular complexity index is 1170. The summed E-state index contributed by atoms with van der Waals surface area (Å²) in [5.74, 6) is -5.24. The van der Waals surface area contributed by atoms with E-state index < -0.39 is 24.3 Å². The summed E-state index contributed by atoms with van der Waals surface area (Å²) in [4.78, 5) is 39.5. The van der Waals surface area contributed by atoms with Crippen molar-refractivity contribution in [3.05, 3.63) is 64.9 Å². The van der Waals surface area contributed by atoms with Gasteiger partial charge in [-0.05, 0) is 68.0 Å². The lowest BCUT2D eigenvalue weighted by atomic mass is 9.86.